The molecule has 0 radical (unpaired) electrons. The van der Waals surface area contributed by atoms with E-state index in [1.165, 1.54) is 19.2 Å². The maximum atomic E-state index is 15.7. The Morgan fingerprint density at radius 3 is 2.63 bits per heavy atom. The van der Waals surface area contributed by atoms with Gasteiger partial charge in [-0.2, -0.15) is 0 Å². The second-order valence-corrected chi connectivity index (χ2v) is 10.2. The molecular formula is C26H34F2N4O3. The number of piperidine rings is 2. The summed E-state index contributed by atoms with van der Waals surface area (Å²) in [5.74, 6) is 0.416. The number of benzene rings is 1. The fourth-order valence-corrected chi connectivity index (χ4v) is 5.51. The van der Waals surface area contributed by atoms with Crippen molar-refractivity contribution in [3.8, 4) is 5.75 Å². The fraction of sp³-hybridized carbons (Fsp3) is 0.615. The Bertz CT molecular complexity index is 994. The van der Waals surface area contributed by atoms with E-state index >= 15 is 4.39 Å². The molecule has 5 rings (SSSR count). The standard InChI is InChI=1S/C26H34F2N4O3/c1-34-30-22-16-25(35-23-5-4-20(27)15-21(22)23)6-13-32(14-7-25)24(33)26(28)8-11-31(12-9-26)10-2-3-19-17-29-18-19/h2-5,15,19,29H,6-14,16-18H2,1H3/b3-2+,30-22+. The molecule has 0 bridgehead atoms. The minimum Gasteiger partial charge on any atom is -0.486 e. The average Bonchev–Trinajstić information content (AvgIpc) is 2.83. The zero-order valence-corrected chi connectivity index (χ0v) is 20.3. The number of hydrogen-bond donors (Lipinski definition) is 1. The molecule has 0 aliphatic carbocycles. The molecular weight excluding hydrogens is 454 g/mol. The number of likely N-dealkylation sites (tertiary alicyclic amines) is 2. The second kappa shape index (κ2) is 9.85. The third-order valence-electron chi connectivity index (χ3n) is 7.85. The lowest BCUT2D eigenvalue weighted by molar-refractivity contribution is -0.150. The molecule has 1 N–H and O–H groups in total. The Morgan fingerprint density at radius 1 is 1.23 bits per heavy atom. The summed E-state index contributed by atoms with van der Waals surface area (Å²) in [6.07, 6.45) is 6.43. The zero-order chi connectivity index (χ0) is 24.5. The van der Waals surface area contributed by atoms with Crippen LogP contribution in [-0.4, -0.2) is 85.6 Å². The van der Waals surface area contributed by atoms with E-state index in [9.17, 15) is 9.18 Å². The molecule has 1 aromatic carbocycles. The van der Waals surface area contributed by atoms with Crippen molar-refractivity contribution in [1.29, 1.82) is 0 Å². The molecule has 4 aliphatic rings. The van der Waals surface area contributed by atoms with Gasteiger partial charge in [0.05, 0.1) is 5.71 Å². The molecule has 4 aliphatic heterocycles. The summed E-state index contributed by atoms with van der Waals surface area (Å²) in [6, 6.07) is 4.37. The smallest absolute Gasteiger partial charge is 0.260 e. The van der Waals surface area contributed by atoms with Crippen LogP contribution in [0.15, 0.2) is 35.5 Å². The lowest BCUT2D eigenvalue weighted by Crippen LogP contribution is -2.57. The van der Waals surface area contributed by atoms with Crippen LogP contribution < -0.4 is 10.1 Å². The number of oxime groups is 1. The van der Waals surface area contributed by atoms with Crippen molar-refractivity contribution < 1.29 is 23.1 Å². The van der Waals surface area contributed by atoms with Gasteiger partial charge in [0.1, 0.15) is 24.3 Å². The van der Waals surface area contributed by atoms with Crippen LogP contribution >= 0.6 is 0 Å². The lowest BCUT2D eigenvalue weighted by atomic mass is 9.81. The summed E-state index contributed by atoms with van der Waals surface area (Å²) in [6.45, 7) is 4.88. The van der Waals surface area contributed by atoms with E-state index in [2.05, 4.69) is 27.5 Å². The van der Waals surface area contributed by atoms with E-state index < -0.39 is 17.2 Å². The predicted molar refractivity (Wildman–Crippen MR) is 129 cm³/mol. The molecule has 9 heteroatoms. The minimum atomic E-state index is -1.80. The Kier molecular flexibility index (Phi) is 6.81. The number of ether oxygens (including phenoxy) is 1. The van der Waals surface area contributed by atoms with Crippen LogP contribution in [0.3, 0.4) is 0 Å². The van der Waals surface area contributed by atoms with Crippen LogP contribution in [-0.2, 0) is 9.63 Å². The first-order valence-corrected chi connectivity index (χ1v) is 12.6. The zero-order valence-electron chi connectivity index (χ0n) is 20.3. The Morgan fingerprint density at radius 2 is 1.97 bits per heavy atom. The largest absolute Gasteiger partial charge is 0.486 e. The molecule has 3 fully saturated rings. The molecule has 3 saturated heterocycles. The molecule has 0 unspecified atom stereocenters. The second-order valence-electron chi connectivity index (χ2n) is 10.2. The van der Waals surface area contributed by atoms with Gasteiger partial charge in [0.15, 0.2) is 5.67 Å². The lowest BCUT2D eigenvalue weighted by Gasteiger charge is -2.46. The number of fused-ring (bicyclic) bond motifs is 1. The van der Waals surface area contributed by atoms with Gasteiger partial charge < -0.3 is 19.8 Å². The minimum absolute atomic E-state index is 0.229. The van der Waals surface area contributed by atoms with Crippen LogP contribution in [0.2, 0.25) is 0 Å². The van der Waals surface area contributed by atoms with Crippen LogP contribution in [0.25, 0.3) is 0 Å². The normalized spacial score (nSPS) is 25.3. The Labute approximate surface area is 205 Å². The first-order valence-electron chi connectivity index (χ1n) is 12.6. The van der Waals surface area contributed by atoms with Crippen molar-refractivity contribution in [2.75, 3.05) is 52.9 Å². The molecule has 0 atom stereocenters. The predicted octanol–water partition coefficient (Wildman–Crippen LogP) is 2.90. The van der Waals surface area contributed by atoms with Gasteiger partial charge in [-0.25, -0.2) is 8.78 Å². The number of amides is 1. The Balaban J connectivity index is 1.17. The van der Waals surface area contributed by atoms with Gasteiger partial charge in [0.2, 0.25) is 0 Å². The molecule has 1 aromatic rings. The summed E-state index contributed by atoms with van der Waals surface area (Å²) in [4.78, 5) is 22.1. The molecule has 4 heterocycles. The quantitative estimate of drug-likeness (QED) is 0.510. The Hall–Kier alpha value is -2.52. The van der Waals surface area contributed by atoms with Gasteiger partial charge in [0, 0.05) is 89.4 Å². The highest BCUT2D eigenvalue weighted by Gasteiger charge is 2.48. The highest BCUT2D eigenvalue weighted by Crippen LogP contribution is 2.41. The van der Waals surface area contributed by atoms with E-state index in [1.54, 1.807) is 11.0 Å². The summed E-state index contributed by atoms with van der Waals surface area (Å²) in [7, 11) is 1.46. The van der Waals surface area contributed by atoms with Crippen molar-refractivity contribution in [2.24, 2.45) is 11.1 Å². The van der Waals surface area contributed by atoms with Crippen LogP contribution in [0, 0.1) is 11.7 Å². The van der Waals surface area contributed by atoms with Gasteiger partial charge in [-0.05, 0) is 18.2 Å². The van der Waals surface area contributed by atoms with Crippen molar-refractivity contribution in [3.63, 3.8) is 0 Å². The molecule has 1 spiro atoms. The number of rotatable bonds is 5. The van der Waals surface area contributed by atoms with Gasteiger partial charge in [-0.1, -0.05) is 17.3 Å². The highest BCUT2D eigenvalue weighted by molar-refractivity contribution is 6.04. The van der Waals surface area contributed by atoms with Gasteiger partial charge in [0.25, 0.3) is 5.91 Å². The number of nitrogens with zero attached hydrogens (tertiary/aromatic N) is 3. The van der Waals surface area contributed by atoms with Gasteiger partial charge in [-0.15, -0.1) is 0 Å². The van der Waals surface area contributed by atoms with Crippen LogP contribution in [0.5, 0.6) is 5.75 Å². The molecule has 1 amide bonds. The molecule has 7 nitrogen and oxygen atoms in total. The number of halogens is 2. The number of nitrogens with one attached hydrogen (secondary N) is 1. The van der Waals surface area contributed by atoms with Crippen molar-refractivity contribution in [3.05, 3.63) is 41.7 Å². The number of alkyl halides is 1. The van der Waals surface area contributed by atoms with E-state index in [1.807, 2.05) is 0 Å². The van der Waals surface area contributed by atoms with Crippen molar-refractivity contribution >= 4 is 11.6 Å². The fourth-order valence-electron chi connectivity index (χ4n) is 5.51. The third kappa shape index (κ3) is 5.07. The van der Waals surface area contributed by atoms with Crippen LogP contribution in [0.4, 0.5) is 8.78 Å². The SMILES string of the molecule is CO/N=C1\CC2(CCN(C(=O)C3(F)CCN(C/C=C/C4CNC4)CC3)CC2)Oc2ccc(F)cc21. The van der Waals surface area contributed by atoms with Gasteiger partial charge in [-0.3, -0.25) is 9.69 Å². The van der Waals surface area contributed by atoms with Crippen molar-refractivity contribution in [2.45, 2.75) is 43.4 Å². The molecule has 35 heavy (non-hydrogen) atoms. The summed E-state index contributed by atoms with van der Waals surface area (Å²) < 4.78 is 35.8. The van der Waals surface area contributed by atoms with Crippen LogP contribution in [0.1, 0.15) is 37.7 Å². The van der Waals surface area contributed by atoms with Crippen molar-refractivity contribution in [1.82, 2.24) is 15.1 Å². The van der Waals surface area contributed by atoms with E-state index in [-0.39, 0.29) is 18.7 Å². The van der Waals surface area contributed by atoms with E-state index in [0.717, 1.165) is 19.6 Å². The summed E-state index contributed by atoms with van der Waals surface area (Å²) in [5.41, 5.74) is -1.15. The van der Waals surface area contributed by atoms with E-state index in [4.69, 9.17) is 9.57 Å². The summed E-state index contributed by atoms with van der Waals surface area (Å²) >= 11 is 0. The maximum Gasteiger partial charge on any atom is 0.260 e. The number of hydrogen-bond acceptors (Lipinski definition) is 6. The maximum absolute atomic E-state index is 15.7. The first-order chi connectivity index (χ1) is 16.9. The average molecular weight is 489 g/mol. The van der Waals surface area contributed by atoms with E-state index in [0.29, 0.717) is 68.4 Å². The third-order valence-corrected chi connectivity index (χ3v) is 7.85. The first kappa shape index (κ1) is 24.2. The monoisotopic (exact) mass is 488 g/mol. The topological polar surface area (TPSA) is 66.4 Å². The molecule has 0 saturated carbocycles. The number of carbonyl (C=O) groups is 1. The molecule has 0 aromatic heterocycles. The molecule has 190 valence electrons. The summed E-state index contributed by atoms with van der Waals surface area (Å²) in [5, 5.41) is 7.36. The highest BCUT2D eigenvalue weighted by atomic mass is 19.1. The number of carbonyl (C=O) groups excluding carboxylic acids is 1. The van der Waals surface area contributed by atoms with Gasteiger partial charge >= 0.3 is 0 Å².